The highest BCUT2D eigenvalue weighted by Crippen LogP contribution is 2.27. The number of nitro groups is 1. The highest BCUT2D eigenvalue weighted by Gasteiger charge is 2.24. The number of nitrogens with one attached hydrogen (secondary N) is 1. The fourth-order valence-electron chi connectivity index (χ4n) is 3.32. The summed E-state index contributed by atoms with van der Waals surface area (Å²) in [5, 5.41) is 20.2. The number of esters is 1. The summed E-state index contributed by atoms with van der Waals surface area (Å²) in [5.74, 6) is -1.46. The van der Waals surface area contributed by atoms with Crippen molar-refractivity contribution in [2.24, 2.45) is 0 Å². The van der Waals surface area contributed by atoms with Crippen LogP contribution < -0.4 is 10.9 Å². The average molecular weight is 494 g/mol. The first-order valence-corrected chi connectivity index (χ1v) is 11.4. The number of aryl methyl sites for hydroxylation is 1. The lowest BCUT2D eigenvalue weighted by atomic mass is 10.1. The fourth-order valence-corrected chi connectivity index (χ4v) is 4.04. The van der Waals surface area contributed by atoms with Crippen LogP contribution in [-0.2, 0) is 16.1 Å². The van der Waals surface area contributed by atoms with E-state index in [4.69, 9.17) is 4.74 Å². The van der Waals surface area contributed by atoms with Gasteiger partial charge in [0.15, 0.2) is 16.9 Å². The quantitative estimate of drug-likeness (QED) is 0.233. The lowest BCUT2D eigenvalue weighted by Crippen LogP contribution is -2.31. The third kappa shape index (κ3) is 4.92. The van der Waals surface area contributed by atoms with Crippen LogP contribution in [0.3, 0.4) is 0 Å². The Hall–Kier alpha value is -4.45. The normalized spacial score (nSPS) is 11.7. The number of nitrogens with zero attached hydrogens (tertiary/aromatic N) is 4. The van der Waals surface area contributed by atoms with Crippen molar-refractivity contribution in [3.63, 3.8) is 0 Å². The fraction of sp³-hybridized carbons (Fsp3) is 0.174. The Balaban J connectivity index is 1.49. The molecular weight excluding hydrogens is 474 g/mol. The highest BCUT2D eigenvalue weighted by atomic mass is 32.1. The van der Waals surface area contributed by atoms with Gasteiger partial charge in [0.25, 0.3) is 17.2 Å². The Bertz CT molecular complexity index is 1510. The number of non-ortho nitro benzene ring substituents is 1. The van der Waals surface area contributed by atoms with Crippen molar-refractivity contribution in [2.45, 2.75) is 26.5 Å². The number of carbonyl (C=O) groups excluding carboxylic acids is 2. The van der Waals surface area contributed by atoms with Crippen molar-refractivity contribution in [1.29, 1.82) is 0 Å². The van der Waals surface area contributed by atoms with E-state index in [2.05, 4.69) is 15.4 Å². The lowest BCUT2D eigenvalue weighted by Gasteiger charge is -2.14. The zero-order valence-electron chi connectivity index (χ0n) is 18.6. The van der Waals surface area contributed by atoms with Gasteiger partial charge in [-0.15, -0.1) is 11.3 Å². The van der Waals surface area contributed by atoms with E-state index >= 15 is 0 Å². The molecule has 4 aromatic rings. The molecule has 0 fully saturated rings. The van der Waals surface area contributed by atoms with Crippen LogP contribution >= 0.6 is 11.3 Å². The second kappa shape index (κ2) is 9.81. The Morgan fingerprint density at radius 2 is 1.94 bits per heavy atom. The summed E-state index contributed by atoms with van der Waals surface area (Å²) in [6.07, 6.45) is -1.18. The Morgan fingerprint density at radius 3 is 2.66 bits per heavy atom. The molecule has 11 nitrogen and oxygen atoms in total. The van der Waals surface area contributed by atoms with Crippen LogP contribution in [0, 0.1) is 10.1 Å². The van der Waals surface area contributed by atoms with E-state index in [0.29, 0.717) is 22.0 Å². The summed E-state index contributed by atoms with van der Waals surface area (Å²) in [5.41, 5.74) is 0.519. The number of aromatic nitrogens is 3. The number of anilines is 1. The van der Waals surface area contributed by atoms with Crippen molar-refractivity contribution in [2.75, 3.05) is 5.32 Å². The molecule has 2 aromatic heterocycles. The predicted octanol–water partition coefficient (Wildman–Crippen LogP) is 3.63. The third-order valence-electron chi connectivity index (χ3n) is 5.10. The van der Waals surface area contributed by atoms with Gasteiger partial charge < -0.3 is 4.74 Å². The largest absolute Gasteiger partial charge is 0.448 e. The van der Waals surface area contributed by atoms with Gasteiger partial charge >= 0.3 is 5.97 Å². The van der Waals surface area contributed by atoms with Crippen LogP contribution in [0.5, 0.6) is 0 Å². The first-order chi connectivity index (χ1) is 16.8. The molecule has 2 heterocycles. The molecule has 178 valence electrons. The Morgan fingerprint density at radius 1 is 1.20 bits per heavy atom. The molecule has 12 heteroatoms. The second-order valence-corrected chi connectivity index (χ2v) is 8.26. The van der Waals surface area contributed by atoms with E-state index in [9.17, 15) is 24.5 Å². The maximum Gasteiger partial charge on any atom is 0.360 e. The van der Waals surface area contributed by atoms with Crippen LogP contribution in [0.2, 0.25) is 0 Å². The van der Waals surface area contributed by atoms with Gasteiger partial charge in [-0.1, -0.05) is 30.3 Å². The van der Waals surface area contributed by atoms with Crippen molar-refractivity contribution < 1.29 is 19.2 Å². The van der Waals surface area contributed by atoms with Crippen LogP contribution in [0.1, 0.15) is 24.3 Å². The second-order valence-electron chi connectivity index (χ2n) is 7.40. The molecule has 2 aromatic carbocycles. The zero-order chi connectivity index (χ0) is 25.1. The van der Waals surface area contributed by atoms with Crippen molar-refractivity contribution in [3.05, 3.63) is 80.1 Å². The molecule has 1 atom stereocenters. The minimum Gasteiger partial charge on any atom is -0.448 e. The zero-order valence-corrected chi connectivity index (χ0v) is 19.4. The summed E-state index contributed by atoms with van der Waals surface area (Å²) in [4.78, 5) is 52.7. The van der Waals surface area contributed by atoms with Crippen molar-refractivity contribution in [1.82, 2.24) is 14.8 Å². The van der Waals surface area contributed by atoms with Gasteiger partial charge in [-0.3, -0.25) is 25.0 Å². The number of ether oxygens (including phenoxy) is 1. The lowest BCUT2D eigenvalue weighted by molar-refractivity contribution is -0.384. The van der Waals surface area contributed by atoms with E-state index < -0.39 is 22.9 Å². The minimum absolute atomic E-state index is 0.0658. The number of benzene rings is 2. The molecule has 0 unspecified atom stereocenters. The molecule has 0 radical (unpaired) electrons. The number of thiazole rings is 1. The number of carbonyl (C=O) groups is 2. The molecule has 0 saturated heterocycles. The van der Waals surface area contributed by atoms with Crippen LogP contribution in [0.4, 0.5) is 10.8 Å². The van der Waals surface area contributed by atoms with Gasteiger partial charge in [-0.25, -0.2) is 14.5 Å². The predicted molar refractivity (Wildman–Crippen MR) is 129 cm³/mol. The maximum atomic E-state index is 12.8. The Kier molecular flexibility index (Phi) is 6.64. The number of hydrogen-bond acceptors (Lipinski definition) is 9. The van der Waals surface area contributed by atoms with Crippen molar-refractivity contribution >= 4 is 44.8 Å². The first-order valence-electron chi connectivity index (χ1n) is 10.5. The maximum absolute atomic E-state index is 12.8. The molecule has 1 N–H and O–H groups in total. The molecule has 1 amide bonds. The van der Waals surface area contributed by atoms with E-state index in [-0.39, 0.29) is 28.6 Å². The molecule has 0 aliphatic heterocycles. The van der Waals surface area contributed by atoms with Crippen LogP contribution in [0.15, 0.2) is 58.7 Å². The average Bonchev–Trinajstić information content (AvgIpc) is 3.33. The van der Waals surface area contributed by atoms with Crippen LogP contribution in [0.25, 0.3) is 22.0 Å². The van der Waals surface area contributed by atoms with Gasteiger partial charge in [0.1, 0.15) is 0 Å². The van der Waals surface area contributed by atoms with Gasteiger partial charge in [0.05, 0.1) is 16.0 Å². The van der Waals surface area contributed by atoms with E-state index in [1.54, 1.807) is 48.7 Å². The summed E-state index contributed by atoms with van der Waals surface area (Å²) in [7, 11) is 0. The molecule has 35 heavy (non-hydrogen) atoms. The first kappa shape index (κ1) is 23.7. The van der Waals surface area contributed by atoms with E-state index in [1.165, 1.54) is 19.1 Å². The summed E-state index contributed by atoms with van der Waals surface area (Å²) >= 11 is 1.12. The molecule has 0 spiro atoms. The molecule has 0 aliphatic rings. The minimum atomic E-state index is -1.18. The van der Waals surface area contributed by atoms with Gasteiger partial charge in [-0.2, -0.15) is 5.10 Å². The number of amides is 1. The number of rotatable bonds is 7. The van der Waals surface area contributed by atoms with Crippen LogP contribution in [-0.4, -0.2) is 37.7 Å². The molecule has 0 bridgehead atoms. The SMILES string of the molecule is CCn1nc(C(=O)O[C@@H](C)C(=O)Nc2nc(-c3cccc([N+](=O)[O-])c3)cs2)c2ccccc2c1=O. The highest BCUT2D eigenvalue weighted by molar-refractivity contribution is 7.14. The topological polar surface area (TPSA) is 146 Å². The summed E-state index contributed by atoms with van der Waals surface area (Å²) < 4.78 is 6.49. The van der Waals surface area contributed by atoms with E-state index in [0.717, 1.165) is 16.0 Å². The molecule has 0 saturated carbocycles. The smallest absolute Gasteiger partial charge is 0.360 e. The number of fused-ring (bicyclic) bond motifs is 1. The van der Waals surface area contributed by atoms with Gasteiger partial charge in [0.2, 0.25) is 0 Å². The van der Waals surface area contributed by atoms with Crippen molar-refractivity contribution in [3.8, 4) is 11.3 Å². The number of nitro benzene ring substituents is 1. The van der Waals surface area contributed by atoms with Gasteiger partial charge in [-0.05, 0) is 19.9 Å². The standard InChI is InChI=1S/C23H19N5O6S/c1-3-27-21(30)17-10-5-4-9-16(17)19(26-27)22(31)34-13(2)20(29)25-23-24-18(12-35-23)14-7-6-8-15(11-14)28(32)33/h4-13H,3H2,1-2H3,(H,24,25,29)/t13-/m0/s1. The molecule has 0 aliphatic carbocycles. The molecule has 4 rings (SSSR count). The van der Waals surface area contributed by atoms with Gasteiger partial charge in [0, 0.05) is 35.0 Å². The third-order valence-corrected chi connectivity index (χ3v) is 5.86. The Labute approximate surface area is 202 Å². The summed E-state index contributed by atoms with van der Waals surface area (Å²) in [6, 6.07) is 12.5. The number of hydrogen-bond donors (Lipinski definition) is 1. The van der Waals surface area contributed by atoms with E-state index in [1.807, 2.05) is 0 Å². The molecular formula is C23H19N5O6S. The summed E-state index contributed by atoms with van der Waals surface area (Å²) in [6.45, 7) is 3.39. The monoisotopic (exact) mass is 493 g/mol.